The van der Waals surface area contributed by atoms with E-state index in [0.29, 0.717) is 25.4 Å². The van der Waals surface area contributed by atoms with Crippen LogP contribution in [0.1, 0.15) is 30.8 Å². The number of carbonyl (C=O) groups excluding carboxylic acids is 1. The molecule has 0 radical (unpaired) electrons. The number of carbonyl (C=O) groups is 1. The van der Waals surface area contributed by atoms with Crippen molar-refractivity contribution in [3.8, 4) is 6.07 Å². The van der Waals surface area contributed by atoms with Crippen LogP contribution >= 0.6 is 0 Å². The van der Waals surface area contributed by atoms with Crippen LogP contribution in [0.5, 0.6) is 0 Å². The molecule has 0 spiro atoms. The molecular weight excluding hydrogens is 230 g/mol. The smallest absolute Gasteiger partial charge is 0.274 e. The first-order valence-corrected chi connectivity index (χ1v) is 5.78. The van der Waals surface area contributed by atoms with Gasteiger partial charge in [-0.25, -0.2) is 9.97 Å². The summed E-state index contributed by atoms with van der Waals surface area (Å²) in [7, 11) is 0. The maximum Gasteiger partial charge on any atom is 0.274 e. The van der Waals surface area contributed by atoms with Gasteiger partial charge in [0.2, 0.25) is 0 Å². The van der Waals surface area contributed by atoms with Gasteiger partial charge in [0.1, 0.15) is 11.5 Å². The molecule has 2 N–H and O–H groups in total. The van der Waals surface area contributed by atoms with Gasteiger partial charge >= 0.3 is 0 Å². The van der Waals surface area contributed by atoms with Gasteiger partial charge in [-0.3, -0.25) is 4.79 Å². The van der Waals surface area contributed by atoms with Crippen LogP contribution in [0, 0.1) is 17.2 Å². The Labute approximate surface area is 106 Å². The van der Waals surface area contributed by atoms with Crippen molar-refractivity contribution in [2.75, 3.05) is 18.8 Å². The van der Waals surface area contributed by atoms with Gasteiger partial charge in [0.05, 0.1) is 24.9 Å². The number of nitrogens with two attached hydrogens (primary N) is 1. The lowest BCUT2D eigenvalue weighted by Gasteiger charge is -2.23. The van der Waals surface area contributed by atoms with E-state index in [1.807, 2.05) is 19.9 Å². The Morgan fingerprint density at radius 2 is 2.22 bits per heavy atom. The predicted octanol–water partition coefficient (Wildman–Crippen LogP) is 1.07. The summed E-state index contributed by atoms with van der Waals surface area (Å²) >= 11 is 0. The average Bonchev–Trinajstić information content (AvgIpc) is 2.34. The van der Waals surface area contributed by atoms with Gasteiger partial charge in [0, 0.05) is 13.1 Å². The molecule has 0 fully saturated rings. The summed E-state index contributed by atoms with van der Waals surface area (Å²) in [4.78, 5) is 21.6. The topological polar surface area (TPSA) is 95.9 Å². The Morgan fingerprint density at radius 3 is 2.72 bits per heavy atom. The normalized spacial score (nSPS) is 10.1. The summed E-state index contributed by atoms with van der Waals surface area (Å²) in [6, 6.07) is 2.04. The molecule has 6 nitrogen and oxygen atoms in total. The number of hydrogen-bond donors (Lipinski definition) is 1. The van der Waals surface area contributed by atoms with E-state index >= 15 is 0 Å². The number of nitrogen functional groups attached to an aromatic ring is 1. The summed E-state index contributed by atoms with van der Waals surface area (Å²) in [5.41, 5.74) is 5.67. The number of anilines is 1. The summed E-state index contributed by atoms with van der Waals surface area (Å²) in [6.07, 6.45) is 3.02. The van der Waals surface area contributed by atoms with Gasteiger partial charge in [-0.15, -0.1) is 0 Å². The van der Waals surface area contributed by atoms with E-state index in [1.165, 1.54) is 12.4 Å². The fourth-order valence-electron chi connectivity index (χ4n) is 1.51. The van der Waals surface area contributed by atoms with Crippen LogP contribution in [0.4, 0.5) is 5.82 Å². The standard InChI is InChI=1S/C12H17N5O/c1-9(2)8-17(5-3-4-13)12(18)10-6-16-11(14)7-15-10/h6-7,9H,3,5,8H2,1-2H3,(H2,14,16). The highest BCUT2D eigenvalue weighted by Gasteiger charge is 2.18. The van der Waals surface area contributed by atoms with Crippen molar-refractivity contribution in [3.63, 3.8) is 0 Å². The minimum atomic E-state index is -0.216. The highest BCUT2D eigenvalue weighted by Crippen LogP contribution is 2.06. The van der Waals surface area contributed by atoms with E-state index < -0.39 is 0 Å². The summed E-state index contributed by atoms with van der Waals surface area (Å²) in [5, 5.41) is 8.61. The first-order chi connectivity index (χ1) is 8.54. The van der Waals surface area contributed by atoms with Crippen molar-refractivity contribution in [3.05, 3.63) is 18.1 Å². The second kappa shape index (κ2) is 6.55. The SMILES string of the molecule is CC(C)CN(CCC#N)C(=O)c1cnc(N)cn1. The molecule has 1 heterocycles. The first-order valence-electron chi connectivity index (χ1n) is 5.78. The Kier molecular flexibility index (Phi) is 5.06. The molecule has 0 aliphatic rings. The number of aromatic nitrogens is 2. The van der Waals surface area contributed by atoms with Crippen molar-refractivity contribution in [2.45, 2.75) is 20.3 Å². The van der Waals surface area contributed by atoms with Crippen molar-refractivity contribution in [2.24, 2.45) is 5.92 Å². The quantitative estimate of drug-likeness (QED) is 0.839. The van der Waals surface area contributed by atoms with Gasteiger partial charge in [0.15, 0.2) is 0 Å². The number of nitrogens with zero attached hydrogens (tertiary/aromatic N) is 4. The summed E-state index contributed by atoms with van der Waals surface area (Å²) in [6.45, 7) is 5.02. The maximum absolute atomic E-state index is 12.2. The summed E-state index contributed by atoms with van der Waals surface area (Å²) in [5.74, 6) is 0.389. The molecule has 0 unspecified atom stereocenters. The van der Waals surface area contributed by atoms with Gasteiger partial charge < -0.3 is 10.6 Å². The molecule has 0 aliphatic carbocycles. The zero-order valence-electron chi connectivity index (χ0n) is 10.6. The molecule has 1 amide bonds. The fraction of sp³-hybridized carbons (Fsp3) is 0.500. The molecule has 1 aromatic heterocycles. The van der Waals surface area contributed by atoms with Crippen molar-refractivity contribution in [1.82, 2.24) is 14.9 Å². The van der Waals surface area contributed by atoms with Crippen molar-refractivity contribution < 1.29 is 4.79 Å². The molecule has 0 saturated carbocycles. The van der Waals surface area contributed by atoms with Crippen LogP contribution < -0.4 is 5.73 Å². The number of rotatable bonds is 5. The fourth-order valence-corrected chi connectivity index (χ4v) is 1.51. The molecule has 1 rings (SSSR count). The second-order valence-corrected chi connectivity index (χ2v) is 4.38. The summed E-state index contributed by atoms with van der Waals surface area (Å²) < 4.78 is 0. The molecule has 0 aliphatic heterocycles. The van der Waals surface area contributed by atoms with E-state index in [1.54, 1.807) is 4.90 Å². The number of amides is 1. The third-order valence-corrected chi connectivity index (χ3v) is 2.26. The Morgan fingerprint density at radius 1 is 1.50 bits per heavy atom. The molecule has 18 heavy (non-hydrogen) atoms. The van der Waals surface area contributed by atoms with Crippen LogP contribution in [0.25, 0.3) is 0 Å². The molecule has 96 valence electrons. The minimum absolute atomic E-state index is 0.216. The van der Waals surface area contributed by atoms with Crippen molar-refractivity contribution in [1.29, 1.82) is 5.26 Å². The Balaban J connectivity index is 2.81. The predicted molar refractivity (Wildman–Crippen MR) is 67.4 cm³/mol. The zero-order valence-corrected chi connectivity index (χ0v) is 10.6. The van der Waals surface area contributed by atoms with Gasteiger partial charge in [-0.05, 0) is 5.92 Å². The molecule has 6 heteroatoms. The van der Waals surface area contributed by atoms with Crippen LogP contribution in [0.15, 0.2) is 12.4 Å². The van der Waals surface area contributed by atoms with Gasteiger partial charge in [0.25, 0.3) is 5.91 Å². The van der Waals surface area contributed by atoms with E-state index in [4.69, 9.17) is 11.0 Å². The molecule has 1 aromatic rings. The van der Waals surface area contributed by atoms with Gasteiger partial charge in [-0.1, -0.05) is 13.8 Å². The van der Waals surface area contributed by atoms with Crippen LogP contribution in [0.3, 0.4) is 0 Å². The largest absolute Gasteiger partial charge is 0.382 e. The monoisotopic (exact) mass is 247 g/mol. The third-order valence-electron chi connectivity index (χ3n) is 2.26. The maximum atomic E-state index is 12.2. The number of hydrogen-bond acceptors (Lipinski definition) is 5. The van der Waals surface area contributed by atoms with Crippen LogP contribution in [0.2, 0.25) is 0 Å². The number of nitriles is 1. The Hall–Kier alpha value is -2.16. The molecule has 0 saturated heterocycles. The lowest BCUT2D eigenvalue weighted by Crippen LogP contribution is -2.35. The molecule has 0 aromatic carbocycles. The van der Waals surface area contributed by atoms with E-state index in [2.05, 4.69) is 9.97 Å². The average molecular weight is 247 g/mol. The van der Waals surface area contributed by atoms with Crippen molar-refractivity contribution >= 4 is 11.7 Å². The highest BCUT2D eigenvalue weighted by molar-refractivity contribution is 5.92. The zero-order chi connectivity index (χ0) is 13.5. The molecule has 0 bridgehead atoms. The minimum Gasteiger partial charge on any atom is -0.382 e. The Bertz CT molecular complexity index is 435. The van der Waals surface area contributed by atoms with E-state index in [-0.39, 0.29) is 17.4 Å². The third kappa shape index (κ3) is 4.01. The van der Waals surface area contributed by atoms with Gasteiger partial charge in [-0.2, -0.15) is 5.26 Å². The van der Waals surface area contributed by atoms with E-state index in [9.17, 15) is 4.79 Å². The van der Waals surface area contributed by atoms with E-state index in [0.717, 1.165) is 0 Å². The first kappa shape index (κ1) is 13.9. The van der Waals surface area contributed by atoms with Crippen LogP contribution in [-0.4, -0.2) is 33.9 Å². The lowest BCUT2D eigenvalue weighted by molar-refractivity contribution is 0.0733. The second-order valence-electron chi connectivity index (χ2n) is 4.38. The highest BCUT2D eigenvalue weighted by atomic mass is 16.2. The molecule has 0 atom stereocenters. The molecular formula is C12H17N5O. The lowest BCUT2D eigenvalue weighted by atomic mass is 10.2. The van der Waals surface area contributed by atoms with Crippen LogP contribution in [-0.2, 0) is 0 Å².